The predicted octanol–water partition coefficient (Wildman–Crippen LogP) is 5.20. The molecule has 0 bridgehead atoms. The number of rotatable bonds is 5. The Hall–Kier alpha value is -0.460. The minimum atomic E-state index is 0.582. The zero-order valence-electron chi connectivity index (χ0n) is 10.00. The maximum absolute atomic E-state index is 6.13. The first-order valence-corrected chi connectivity index (χ1v) is 7.97. The van der Waals surface area contributed by atoms with Gasteiger partial charge in [0.15, 0.2) is 0 Å². The van der Waals surface area contributed by atoms with Crippen molar-refractivity contribution < 1.29 is 4.74 Å². The van der Waals surface area contributed by atoms with Gasteiger partial charge in [0.2, 0.25) is 0 Å². The van der Waals surface area contributed by atoms with Crippen LogP contribution in [0.5, 0.6) is 5.75 Å². The number of ether oxygens (including phenoxy) is 1. The van der Waals surface area contributed by atoms with Gasteiger partial charge in [-0.2, -0.15) is 0 Å². The topological polar surface area (TPSA) is 21.3 Å². The van der Waals surface area contributed by atoms with Crippen molar-refractivity contribution in [3.8, 4) is 5.75 Å². The van der Waals surface area contributed by atoms with Gasteiger partial charge in [-0.15, -0.1) is 0 Å². The van der Waals surface area contributed by atoms with E-state index in [1.165, 1.54) is 0 Å². The van der Waals surface area contributed by atoms with Crippen LogP contribution in [-0.4, -0.2) is 13.2 Å². The molecule has 0 aliphatic rings. The fourth-order valence-electron chi connectivity index (χ4n) is 1.54. The highest BCUT2D eigenvalue weighted by molar-refractivity contribution is 14.1. The van der Waals surface area contributed by atoms with Crippen LogP contribution in [0.15, 0.2) is 46.9 Å². The summed E-state index contributed by atoms with van der Waals surface area (Å²) < 4.78 is 7.77. The third-order valence-corrected chi connectivity index (χ3v) is 3.89. The second kappa shape index (κ2) is 7.36. The smallest absolute Gasteiger partial charge is 0.120 e. The zero-order chi connectivity index (χ0) is 13.7. The maximum atomic E-state index is 6.13. The Bertz CT molecular complexity index is 565. The van der Waals surface area contributed by atoms with E-state index in [4.69, 9.17) is 16.3 Å². The molecule has 2 aromatic rings. The van der Waals surface area contributed by atoms with Crippen molar-refractivity contribution in [1.82, 2.24) is 0 Å². The van der Waals surface area contributed by atoms with E-state index in [1.807, 2.05) is 42.5 Å². The number of halogens is 3. The maximum Gasteiger partial charge on any atom is 0.120 e. The molecular weight excluding hydrogens is 440 g/mol. The average molecular weight is 453 g/mol. The van der Waals surface area contributed by atoms with E-state index < -0.39 is 0 Å². The molecule has 0 saturated heterocycles. The molecule has 0 amide bonds. The van der Waals surface area contributed by atoms with Crippen molar-refractivity contribution in [2.45, 2.75) is 0 Å². The molecule has 100 valence electrons. The van der Waals surface area contributed by atoms with Gasteiger partial charge in [-0.3, -0.25) is 0 Å². The molecular formula is C14H12BrClINO. The van der Waals surface area contributed by atoms with Crippen LogP contribution < -0.4 is 10.1 Å². The summed E-state index contributed by atoms with van der Waals surface area (Å²) in [7, 11) is 0. The van der Waals surface area contributed by atoms with Crippen LogP contribution in [0.4, 0.5) is 5.69 Å². The Labute approximate surface area is 139 Å². The highest BCUT2D eigenvalue weighted by atomic mass is 127. The summed E-state index contributed by atoms with van der Waals surface area (Å²) in [5.74, 6) is 0.852. The summed E-state index contributed by atoms with van der Waals surface area (Å²) in [5.41, 5.74) is 0.930. The molecule has 0 fully saturated rings. The molecule has 0 unspecified atom stereocenters. The molecule has 0 heterocycles. The van der Waals surface area contributed by atoms with Crippen LogP contribution in [0.3, 0.4) is 0 Å². The van der Waals surface area contributed by atoms with Crippen molar-refractivity contribution in [3.63, 3.8) is 0 Å². The van der Waals surface area contributed by atoms with Crippen LogP contribution in [-0.2, 0) is 0 Å². The second-order valence-electron chi connectivity index (χ2n) is 3.86. The first-order chi connectivity index (χ1) is 9.15. The highest BCUT2D eigenvalue weighted by Gasteiger charge is 2.00. The van der Waals surface area contributed by atoms with E-state index in [1.54, 1.807) is 0 Å². The fraction of sp³-hybridized carbons (Fsp3) is 0.143. The third kappa shape index (κ3) is 4.85. The van der Waals surface area contributed by atoms with Gasteiger partial charge < -0.3 is 10.1 Å². The van der Waals surface area contributed by atoms with Gasteiger partial charge in [-0.25, -0.2) is 0 Å². The Morgan fingerprint density at radius 1 is 1.21 bits per heavy atom. The van der Waals surface area contributed by atoms with Crippen molar-refractivity contribution in [1.29, 1.82) is 0 Å². The Balaban J connectivity index is 1.81. The van der Waals surface area contributed by atoms with Crippen LogP contribution in [0, 0.1) is 3.57 Å². The standard InChI is InChI=1S/C14H12BrClINO/c15-10-2-1-3-12(8-10)19-7-6-18-14-5-4-11(17)9-13(14)16/h1-5,8-9,18H,6-7H2. The summed E-state index contributed by atoms with van der Waals surface area (Å²) in [6, 6.07) is 13.7. The van der Waals surface area contributed by atoms with Gasteiger partial charge in [0.25, 0.3) is 0 Å². The monoisotopic (exact) mass is 451 g/mol. The first kappa shape index (κ1) is 14.9. The number of hydrogen-bond donors (Lipinski definition) is 1. The molecule has 2 nitrogen and oxygen atoms in total. The fourth-order valence-corrected chi connectivity index (χ4v) is 2.85. The van der Waals surface area contributed by atoms with Gasteiger partial charge in [-0.1, -0.05) is 33.6 Å². The molecule has 0 spiro atoms. The van der Waals surface area contributed by atoms with Crippen LogP contribution in [0.2, 0.25) is 5.02 Å². The van der Waals surface area contributed by atoms with Gasteiger partial charge in [-0.05, 0) is 59.0 Å². The Morgan fingerprint density at radius 3 is 2.79 bits per heavy atom. The third-order valence-electron chi connectivity index (χ3n) is 2.41. The molecule has 1 N–H and O–H groups in total. The highest BCUT2D eigenvalue weighted by Crippen LogP contribution is 2.23. The lowest BCUT2D eigenvalue weighted by Gasteiger charge is -2.10. The lowest BCUT2D eigenvalue weighted by atomic mass is 10.3. The number of hydrogen-bond acceptors (Lipinski definition) is 2. The Kier molecular flexibility index (Phi) is 5.78. The van der Waals surface area contributed by atoms with Crippen LogP contribution >= 0.6 is 50.1 Å². The van der Waals surface area contributed by atoms with E-state index in [0.29, 0.717) is 13.2 Å². The van der Waals surface area contributed by atoms with Crippen LogP contribution in [0.25, 0.3) is 0 Å². The van der Waals surface area contributed by atoms with E-state index in [-0.39, 0.29) is 0 Å². The van der Waals surface area contributed by atoms with Gasteiger partial charge in [0.05, 0.1) is 10.7 Å². The number of anilines is 1. The zero-order valence-corrected chi connectivity index (χ0v) is 14.5. The lowest BCUT2D eigenvalue weighted by Crippen LogP contribution is -2.11. The van der Waals surface area contributed by atoms with Gasteiger partial charge in [0, 0.05) is 14.6 Å². The van der Waals surface area contributed by atoms with Crippen molar-refractivity contribution in [3.05, 3.63) is 55.5 Å². The summed E-state index contributed by atoms with van der Waals surface area (Å²) in [5, 5.41) is 3.98. The van der Waals surface area contributed by atoms with E-state index in [0.717, 1.165) is 24.5 Å². The Morgan fingerprint density at radius 2 is 2.05 bits per heavy atom. The summed E-state index contributed by atoms with van der Waals surface area (Å²) >= 11 is 11.8. The number of nitrogens with one attached hydrogen (secondary N) is 1. The second-order valence-corrected chi connectivity index (χ2v) is 6.43. The summed E-state index contributed by atoms with van der Waals surface area (Å²) in [4.78, 5) is 0. The van der Waals surface area contributed by atoms with E-state index in [9.17, 15) is 0 Å². The van der Waals surface area contributed by atoms with Crippen molar-refractivity contribution in [2.24, 2.45) is 0 Å². The van der Waals surface area contributed by atoms with Crippen LogP contribution in [0.1, 0.15) is 0 Å². The largest absolute Gasteiger partial charge is 0.492 e. The van der Waals surface area contributed by atoms with E-state index >= 15 is 0 Å². The average Bonchev–Trinajstić information content (AvgIpc) is 2.37. The molecule has 0 atom stereocenters. The molecule has 0 aromatic heterocycles. The molecule has 5 heteroatoms. The van der Waals surface area contributed by atoms with Gasteiger partial charge >= 0.3 is 0 Å². The molecule has 19 heavy (non-hydrogen) atoms. The summed E-state index contributed by atoms with van der Waals surface area (Å²) in [6.45, 7) is 1.28. The van der Waals surface area contributed by atoms with E-state index in [2.05, 4.69) is 43.8 Å². The SMILES string of the molecule is Clc1cc(I)ccc1NCCOc1cccc(Br)c1. The summed E-state index contributed by atoms with van der Waals surface area (Å²) in [6.07, 6.45) is 0. The van der Waals surface area contributed by atoms with Crippen molar-refractivity contribution >= 4 is 55.8 Å². The molecule has 2 rings (SSSR count). The van der Waals surface area contributed by atoms with Crippen molar-refractivity contribution in [2.75, 3.05) is 18.5 Å². The minimum Gasteiger partial charge on any atom is -0.492 e. The van der Waals surface area contributed by atoms with Gasteiger partial charge in [0.1, 0.15) is 12.4 Å². The predicted molar refractivity (Wildman–Crippen MR) is 92.3 cm³/mol. The molecule has 2 aromatic carbocycles. The first-order valence-electron chi connectivity index (χ1n) is 5.72. The molecule has 0 aliphatic heterocycles. The molecule has 0 aliphatic carbocycles. The molecule has 0 saturated carbocycles. The lowest BCUT2D eigenvalue weighted by molar-refractivity contribution is 0.332. The minimum absolute atomic E-state index is 0.582. The quantitative estimate of drug-likeness (QED) is 0.498. The number of benzene rings is 2. The molecule has 0 radical (unpaired) electrons. The normalized spacial score (nSPS) is 10.3.